The average molecular weight is 336 g/mol. The van der Waals surface area contributed by atoms with Crippen molar-refractivity contribution in [3.8, 4) is 22.6 Å². The summed E-state index contributed by atoms with van der Waals surface area (Å²) in [4.78, 5) is 4.52. The zero-order chi connectivity index (χ0) is 17.5. The van der Waals surface area contributed by atoms with E-state index >= 15 is 0 Å². The van der Waals surface area contributed by atoms with E-state index in [1.54, 1.807) is 12.1 Å². The van der Waals surface area contributed by atoms with Crippen LogP contribution in [-0.2, 0) is 0 Å². The van der Waals surface area contributed by atoms with Crippen LogP contribution >= 0.6 is 0 Å². The third kappa shape index (κ3) is 2.33. The largest absolute Gasteiger partial charge is 0.508 e. The molecule has 0 saturated heterocycles. The van der Waals surface area contributed by atoms with Gasteiger partial charge in [-0.3, -0.25) is 4.57 Å². The third-order valence-electron chi connectivity index (χ3n) is 4.75. The van der Waals surface area contributed by atoms with Crippen molar-refractivity contribution in [3.05, 3.63) is 91.3 Å². The molecule has 0 radical (unpaired) electrons. The Labute approximate surface area is 150 Å². The van der Waals surface area contributed by atoms with Crippen molar-refractivity contribution in [3.63, 3.8) is 0 Å². The number of imidazole rings is 1. The standard InChI is InChI=1S/C23H16N2O/c26-19-12-11-16-13-18(10-9-17(16)14-19)20-5-1-3-7-22(20)25-15-24-21-6-2-4-8-23(21)25/h1-15,26H. The molecule has 0 fully saturated rings. The summed E-state index contributed by atoms with van der Waals surface area (Å²) in [5, 5.41) is 11.8. The minimum Gasteiger partial charge on any atom is -0.508 e. The number of aromatic hydroxyl groups is 1. The first-order chi connectivity index (χ1) is 12.8. The first kappa shape index (κ1) is 14.7. The quantitative estimate of drug-likeness (QED) is 0.459. The summed E-state index contributed by atoms with van der Waals surface area (Å²) in [5.74, 6) is 0.288. The van der Waals surface area contributed by atoms with Crippen LogP contribution in [0.1, 0.15) is 0 Å². The number of aromatic nitrogens is 2. The molecule has 5 aromatic rings. The van der Waals surface area contributed by atoms with Gasteiger partial charge >= 0.3 is 0 Å². The molecule has 0 saturated carbocycles. The molecule has 0 amide bonds. The van der Waals surface area contributed by atoms with E-state index in [1.807, 2.05) is 42.7 Å². The molecule has 124 valence electrons. The number of benzene rings is 4. The number of fused-ring (bicyclic) bond motifs is 2. The van der Waals surface area contributed by atoms with Crippen LogP contribution in [0.25, 0.3) is 38.6 Å². The summed E-state index contributed by atoms with van der Waals surface area (Å²) in [6.07, 6.45) is 1.88. The lowest BCUT2D eigenvalue weighted by atomic mass is 9.99. The molecular weight excluding hydrogens is 320 g/mol. The van der Waals surface area contributed by atoms with E-state index in [0.29, 0.717) is 0 Å². The highest BCUT2D eigenvalue weighted by atomic mass is 16.3. The van der Waals surface area contributed by atoms with Crippen molar-refractivity contribution >= 4 is 21.8 Å². The van der Waals surface area contributed by atoms with Gasteiger partial charge in [0.2, 0.25) is 0 Å². The lowest BCUT2D eigenvalue weighted by molar-refractivity contribution is 0.476. The molecule has 3 heteroatoms. The molecule has 0 aliphatic heterocycles. The predicted molar refractivity (Wildman–Crippen MR) is 106 cm³/mol. The Morgan fingerprint density at radius 1 is 0.731 bits per heavy atom. The fourth-order valence-corrected chi connectivity index (χ4v) is 3.48. The maximum absolute atomic E-state index is 9.68. The van der Waals surface area contributed by atoms with E-state index < -0.39 is 0 Å². The molecule has 0 aliphatic rings. The van der Waals surface area contributed by atoms with Gasteiger partial charge in [-0.25, -0.2) is 4.98 Å². The second-order valence-electron chi connectivity index (χ2n) is 6.37. The molecule has 1 N–H and O–H groups in total. The molecule has 0 atom stereocenters. The number of rotatable bonds is 2. The number of para-hydroxylation sites is 3. The van der Waals surface area contributed by atoms with Gasteiger partial charge in [-0.15, -0.1) is 0 Å². The first-order valence-corrected chi connectivity index (χ1v) is 8.54. The Hall–Kier alpha value is -3.59. The Bertz CT molecular complexity index is 1250. The Kier molecular flexibility index (Phi) is 3.25. The predicted octanol–water partition coefficient (Wildman–Crippen LogP) is 5.55. The smallest absolute Gasteiger partial charge is 0.116 e. The average Bonchev–Trinajstić information content (AvgIpc) is 3.11. The normalized spacial score (nSPS) is 11.2. The maximum atomic E-state index is 9.68. The molecule has 0 spiro atoms. The molecule has 4 aromatic carbocycles. The van der Waals surface area contributed by atoms with Crippen molar-refractivity contribution in [2.24, 2.45) is 0 Å². The maximum Gasteiger partial charge on any atom is 0.116 e. The Morgan fingerprint density at radius 2 is 1.50 bits per heavy atom. The van der Waals surface area contributed by atoms with E-state index in [-0.39, 0.29) is 5.75 Å². The highest BCUT2D eigenvalue weighted by molar-refractivity contribution is 5.90. The molecular formula is C23H16N2O. The Balaban J connectivity index is 1.73. The third-order valence-corrected chi connectivity index (χ3v) is 4.75. The van der Waals surface area contributed by atoms with Gasteiger partial charge in [-0.2, -0.15) is 0 Å². The summed E-state index contributed by atoms with van der Waals surface area (Å²) in [7, 11) is 0. The van der Waals surface area contributed by atoms with Crippen LogP contribution in [-0.4, -0.2) is 14.7 Å². The number of hydrogen-bond donors (Lipinski definition) is 1. The van der Waals surface area contributed by atoms with Gasteiger partial charge in [0.1, 0.15) is 12.1 Å². The molecule has 0 bridgehead atoms. The van der Waals surface area contributed by atoms with Crippen LogP contribution in [0.2, 0.25) is 0 Å². The minimum absolute atomic E-state index is 0.288. The molecule has 0 unspecified atom stereocenters. The summed E-state index contributed by atoms with van der Waals surface area (Å²) in [6, 6.07) is 28.3. The van der Waals surface area contributed by atoms with Crippen LogP contribution in [0.5, 0.6) is 5.75 Å². The number of phenols is 1. The number of phenolic OH excluding ortho intramolecular Hbond substituents is 1. The molecule has 5 rings (SSSR count). The van der Waals surface area contributed by atoms with Crippen molar-refractivity contribution in [1.82, 2.24) is 9.55 Å². The molecule has 26 heavy (non-hydrogen) atoms. The van der Waals surface area contributed by atoms with Gasteiger partial charge in [0.05, 0.1) is 16.7 Å². The lowest BCUT2D eigenvalue weighted by Crippen LogP contribution is -1.95. The van der Waals surface area contributed by atoms with Crippen molar-refractivity contribution in [1.29, 1.82) is 0 Å². The van der Waals surface area contributed by atoms with E-state index in [9.17, 15) is 5.11 Å². The SMILES string of the molecule is Oc1ccc2cc(-c3ccccc3-n3cnc4ccccc43)ccc2c1. The summed E-state index contributed by atoms with van der Waals surface area (Å²) >= 11 is 0. The zero-order valence-corrected chi connectivity index (χ0v) is 14.0. The molecule has 1 aromatic heterocycles. The van der Waals surface area contributed by atoms with Crippen LogP contribution < -0.4 is 0 Å². The van der Waals surface area contributed by atoms with E-state index in [2.05, 4.69) is 45.9 Å². The molecule has 3 nitrogen and oxygen atoms in total. The van der Waals surface area contributed by atoms with Crippen molar-refractivity contribution < 1.29 is 5.11 Å². The highest BCUT2D eigenvalue weighted by Crippen LogP contribution is 2.32. The van der Waals surface area contributed by atoms with E-state index in [0.717, 1.165) is 38.6 Å². The summed E-state index contributed by atoms with van der Waals surface area (Å²) in [5.41, 5.74) is 5.45. The number of nitrogens with zero attached hydrogens (tertiary/aromatic N) is 2. The van der Waals surface area contributed by atoms with E-state index in [4.69, 9.17) is 0 Å². The molecule has 0 aliphatic carbocycles. The van der Waals surface area contributed by atoms with Crippen LogP contribution in [0.4, 0.5) is 0 Å². The topological polar surface area (TPSA) is 38.0 Å². The number of hydrogen-bond acceptors (Lipinski definition) is 2. The lowest BCUT2D eigenvalue weighted by Gasteiger charge is -2.12. The highest BCUT2D eigenvalue weighted by Gasteiger charge is 2.10. The van der Waals surface area contributed by atoms with Crippen molar-refractivity contribution in [2.45, 2.75) is 0 Å². The van der Waals surface area contributed by atoms with Crippen LogP contribution in [0.3, 0.4) is 0 Å². The van der Waals surface area contributed by atoms with Crippen LogP contribution in [0, 0.1) is 0 Å². The van der Waals surface area contributed by atoms with Gasteiger partial charge in [0.15, 0.2) is 0 Å². The van der Waals surface area contributed by atoms with Gasteiger partial charge in [-0.1, -0.05) is 48.5 Å². The van der Waals surface area contributed by atoms with Crippen molar-refractivity contribution in [2.75, 3.05) is 0 Å². The van der Waals surface area contributed by atoms with Crippen LogP contribution in [0.15, 0.2) is 91.3 Å². The zero-order valence-electron chi connectivity index (χ0n) is 14.0. The van der Waals surface area contributed by atoms with E-state index in [1.165, 1.54) is 0 Å². The fourth-order valence-electron chi connectivity index (χ4n) is 3.48. The van der Waals surface area contributed by atoms with Gasteiger partial charge in [0.25, 0.3) is 0 Å². The first-order valence-electron chi connectivity index (χ1n) is 8.54. The summed E-state index contributed by atoms with van der Waals surface area (Å²) < 4.78 is 2.13. The second-order valence-corrected chi connectivity index (χ2v) is 6.37. The summed E-state index contributed by atoms with van der Waals surface area (Å²) in [6.45, 7) is 0. The monoisotopic (exact) mass is 336 g/mol. The fraction of sp³-hybridized carbons (Fsp3) is 0. The molecule has 1 heterocycles. The van der Waals surface area contributed by atoms with Gasteiger partial charge in [0, 0.05) is 5.56 Å². The van der Waals surface area contributed by atoms with Gasteiger partial charge in [-0.05, 0) is 52.7 Å². The van der Waals surface area contributed by atoms with Gasteiger partial charge < -0.3 is 5.11 Å². The minimum atomic E-state index is 0.288. The Morgan fingerprint density at radius 3 is 2.46 bits per heavy atom. The second kappa shape index (κ2) is 5.74.